The lowest BCUT2D eigenvalue weighted by atomic mass is 10.2. The normalized spacial score (nSPS) is 10.9. The van der Waals surface area contributed by atoms with Gasteiger partial charge < -0.3 is 15.5 Å². The molecule has 0 bridgehead atoms. The number of hydrogen-bond acceptors (Lipinski definition) is 4. The van der Waals surface area contributed by atoms with Crippen LogP contribution in [0.15, 0.2) is 0 Å². The van der Waals surface area contributed by atoms with Crippen LogP contribution in [-0.2, 0) is 14.4 Å². The number of rotatable bonds is 8. The molecule has 17 heavy (non-hydrogen) atoms. The first kappa shape index (κ1) is 15.8. The highest BCUT2D eigenvalue weighted by molar-refractivity contribution is 8.01. The topological polar surface area (TPSA) is 104 Å². The summed E-state index contributed by atoms with van der Waals surface area (Å²) in [4.78, 5) is 32.2. The quantitative estimate of drug-likeness (QED) is 0.553. The van der Waals surface area contributed by atoms with E-state index >= 15 is 0 Å². The third-order valence-corrected chi connectivity index (χ3v) is 3.27. The Hall–Kier alpha value is -1.24. The molecule has 0 saturated carbocycles. The minimum atomic E-state index is -1.00. The molecule has 6 nitrogen and oxygen atoms in total. The van der Waals surface area contributed by atoms with E-state index in [1.54, 1.807) is 0 Å². The minimum absolute atomic E-state index is 0.00798. The Kier molecular flexibility index (Phi) is 6.64. The zero-order valence-electron chi connectivity index (χ0n) is 9.86. The number of carbonyl (C=O) groups is 3. The lowest BCUT2D eigenvalue weighted by Gasteiger charge is -2.17. The Balaban J connectivity index is 3.74. The highest BCUT2D eigenvalue weighted by atomic mass is 32.2. The average Bonchev–Trinajstić information content (AvgIpc) is 2.21. The van der Waals surface area contributed by atoms with Crippen LogP contribution in [0.3, 0.4) is 0 Å². The predicted octanol–water partition coefficient (Wildman–Crippen LogP) is 0.564. The molecule has 0 aromatic rings. The summed E-state index contributed by atoms with van der Waals surface area (Å²) < 4.78 is -1.00. The molecule has 0 rings (SSSR count). The SMILES string of the molecule is CC(C)(SCC(=O)NCCCC(=O)O)C(=O)O. The molecule has 1 amide bonds. The molecule has 0 spiro atoms. The minimum Gasteiger partial charge on any atom is -0.481 e. The Morgan fingerprint density at radius 1 is 1.24 bits per heavy atom. The molecule has 0 aromatic heterocycles. The second-order valence-corrected chi connectivity index (χ2v) is 5.55. The number of hydrogen-bond donors (Lipinski definition) is 3. The fourth-order valence-corrected chi connectivity index (χ4v) is 1.54. The Labute approximate surface area is 104 Å². The molecule has 0 heterocycles. The van der Waals surface area contributed by atoms with Gasteiger partial charge in [0.1, 0.15) is 4.75 Å². The summed E-state index contributed by atoms with van der Waals surface area (Å²) in [5.41, 5.74) is 0. The molecule has 0 aliphatic rings. The van der Waals surface area contributed by atoms with E-state index < -0.39 is 16.7 Å². The number of carboxylic acids is 2. The van der Waals surface area contributed by atoms with Crippen LogP contribution in [-0.4, -0.2) is 45.1 Å². The van der Waals surface area contributed by atoms with Crippen LogP contribution in [0.4, 0.5) is 0 Å². The van der Waals surface area contributed by atoms with E-state index in [0.717, 1.165) is 11.8 Å². The van der Waals surface area contributed by atoms with Gasteiger partial charge in [-0.15, -0.1) is 11.8 Å². The Morgan fingerprint density at radius 2 is 1.82 bits per heavy atom. The largest absolute Gasteiger partial charge is 0.481 e. The number of amides is 1. The third kappa shape index (κ3) is 7.62. The van der Waals surface area contributed by atoms with E-state index in [-0.39, 0.29) is 18.1 Å². The van der Waals surface area contributed by atoms with Gasteiger partial charge >= 0.3 is 11.9 Å². The molecule has 0 aliphatic heterocycles. The summed E-state index contributed by atoms with van der Waals surface area (Å²) in [6, 6.07) is 0. The molecular weight excluding hydrogens is 246 g/mol. The summed E-state index contributed by atoms with van der Waals surface area (Å²) in [7, 11) is 0. The van der Waals surface area contributed by atoms with Gasteiger partial charge in [-0.05, 0) is 20.3 Å². The van der Waals surface area contributed by atoms with Crippen LogP contribution in [0, 0.1) is 0 Å². The van der Waals surface area contributed by atoms with Gasteiger partial charge in [0.2, 0.25) is 5.91 Å². The predicted molar refractivity (Wildman–Crippen MR) is 64.1 cm³/mol. The van der Waals surface area contributed by atoms with Gasteiger partial charge in [0.05, 0.1) is 5.75 Å². The third-order valence-electron chi connectivity index (χ3n) is 1.97. The zero-order chi connectivity index (χ0) is 13.5. The van der Waals surface area contributed by atoms with E-state index in [2.05, 4.69) is 5.32 Å². The highest BCUT2D eigenvalue weighted by Crippen LogP contribution is 2.23. The van der Waals surface area contributed by atoms with Crippen molar-refractivity contribution in [1.29, 1.82) is 0 Å². The standard InChI is InChI=1S/C10H17NO5S/c1-10(2,9(15)16)17-6-7(12)11-5-3-4-8(13)14/h3-6H2,1-2H3,(H,11,12)(H,13,14)(H,15,16). The van der Waals surface area contributed by atoms with Gasteiger partial charge in [0, 0.05) is 13.0 Å². The van der Waals surface area contributed by atoms with Gasteiger partial charge in [0.15, 0.2) is 0 Å². The maximum Gasteiger partial charge on any atom is 0.319 e. The monoisotopic (exact) mass is 263 g/mol. The van der Waals surface area contributed by atoms with Gasteiger partial charge in [-0.25, -0.2) is 0 Å². The summed E-state index contributed by atoms with van der Waals surface area (Å²) in [5, 5.41) is 19.7. The lowest BCUT2D eigenvalue weighted by Crippen LogP contribution is -2.32. The summed E-state index contributed by atoms with van der Waals surface area (Å²) in [6.07, 6.45) is 0.377. The first-order chi connectivity index (χ1) is 7.75. The Bertz CT molecular complexity index is 303. The molecule has 0 unspecified atom stereocenters. The number of carboxylic acid groups (broad SMARTS) is 2. The van der Waals surface area contributed by atoms with Crippen LogP contribution in [0.1, 0.15) is 26.7 Å². The fourth-order valence-electron chi connectivity index (χ4n) is 0.826. The second-order valence-electron chi connectivity index (χ2n) is 3.95. The van der Waals surface area contributed by atoms with Gasteiger partial charge in [-0.2, -0.15) is 0 Å². The van der Waals surface area contributed by atoms with Crippen LogP contribution in [0.2, 0.25) is 0 Å². The van der Waals surface area contributed by atoms with Crippen molar-refractivity contribution >= 4 is 29.6 Å². The number of thioether (sulfide) groups is 1. The maximum atomic E-state index is 11.3. The van der Waals surface area contributed by atoms with Gasteiger partial charge in [0.25, 0.3) is 0 Å². The van der Waals surface area contributed by atoms with Crippen molar-refractivity contribution in [1.82, 2.24) is 5.32 Å². The number of nitrogens with one attached hydrogen (secondary N) is 1. The maximum absolute atomic E-state index is 11.3. The molecule has 0 fully saturated rings. The van der Waals surface area contributed by atoms with Crippen molar-refractivity contribution in [3.63, 3.8) is 0 Å². The van der Waals surface area contributed by atoms with Crippen LogP contribution in [0.25, 0.3) is 0 Å². The van der Waals surface area contributed by atoms with Crippen molar-refractivity contribution in [2.24, 2.45) is 0 Å². The van der Waals surface area contributed by atoms with E-state index in [1.165, 1.54) is 13.8 Å². The van der Waals surface area contributed by atoms with E-state index in [0.29, 0.717) is 13.0 Å². The van der Waals surface area contributed by atoms with E-state index in [9.17, 15) is 14.4 Å². The molecule has 0 aromatic carbocycles. The van der Waals surface area contributed by atoms with Crippen molar-refractivity contribution < 1.29 is 24.6 Å². The molecule has 3 N–H and O–H groups in total. The van der Waals surface area contributed by atoms with E-state index in [1.807, 2.05) is 0 Å². The van der Waals surface area contributed by atoms with Crippen LogP contribution in [0.5, 0.6) is 0 Å². The lowest BCUT2D eigenvalue weighted by molar-refractivity contribution is -0.139. The van der Waals surface area contributed by atoms with Crippen molar-refractivity contribution in [3.05, 3.63) is 0 Å². The highest BCUT2D eigenvalue weighted by Gasteiger charge is 2.28. The molecule has 0 radical (unpaired) electrons. The number of carbonyl (C=O) groups excluding carboxylic acids is 1. The van der Waals surface area contributed by atoms with Crippen molar-refractivity contribution in [3.8, 4) is 0 Å². The molecule has 0 saturated heterocycles. The Morgan fingerprint density at radius 3 is 2.29 bits per heavy atom. The van der Waals surface area contributed by atoms with E-state index in [4.69, 9.17) is 10.2 Å². The summed E-state index contributed by atoms with van der Waals surface area (Å²) in [6.45, 7) is 3.34. The molecule has 7 heteroatoms. The number of aliphatic carboxylic acids is 2. The van der Waals surface area contributed by atoms with Crippen molar-refractivity contribution in [2.75, 3.05) is 12.3 Å². The summed E-state index contributed by atoms with van der Waals surface area (Å²) in [5.74, 6) is -2.11. The van der Waals surface area contributed by atoms with Crippen molar-refractivity contribution in [2.45, 2.75) is 31.4 Å². The second kappa shape index (κ2) is 7.16. The van der Waals surface area contributed by atoms with Crippen LogP contribution < -0.4 is 5.32 Å². The van der Waals surface area contributed by atoms with Gasteiger partial charge in [-0.1, -0.05) is 0 Å². The fraction of sp³-hybridized carbons (Fsp3) is 0.700. The average molecular weight is 263 g/mol. The molecule has 0 aliphatic carbocycles. The smallest absolute Gasteiger partial charge is 0.319 e. The first-order valence-electron chi connectivity index (χ1n) is 5.11. The summed E-state index contributed by atoms with van der Waals surface area (Å²) >= 11 is 1.03. The van der Waals surface area contributed by atoms with Gasteiger partial charge in [-0.3, -0.25) is 14.4 Å². The molecular formula is C10H17NO5S. The first-order valence-corrected chi connectivity index (χ1v) is 6.10. The molecule has 98 valence electrons. The molecule has 0 atom stereocenters. The zero-order valence-corrected chi connectivity index (χ0v) is 10.7. The van der Waals surface area contributed by atoms with Crippen LogP contribution >= 0.6 is 11.8 Å².